The number of benzene rings is 1. The summed E-state index contributed by atoms with van der Waals surface area (Å²) in [5.41, 5.74) is 6.41. The number of hydrogen-bond donors (Lipinski definition) is 1. The van der Waals surface area contributed by atoms with E-state index >= 15 is 0 Å². The second-order valence-corrected chi connectivity index (χ2v) is 7.43. The van der Waals surface area contributed by atoms with Gasteiger partial charge >= 0.3 is 0 Å². The van der Waals surface area contributed by atoms with Crippen molar-refractivity contribution in [2.24, 2.45) is 5.73 Å². The van der Waals surface area contributed by atoms with Gasteiger partial charge in [0, 0.05) is 18.7 Å². The Morgan fingerprint density at radius 2 is 1.95 bits per heavy atom. The van der Waals surface area contributed by atoms with E-state index in [4.69, 9.17) is 41.2 Å². The van der Waals surface area contributed by atoms with E-state index in [2.05, 4.69) is 0 Å². The van der Waals surface area contributed by atoms with Crippen LogP contribution in [-0.4, -0.2) is 39.9 Å². The molecule has 1 aromatic carbocycles. The molecule has 0 aromatic heterocycles. The van der Waals surface area contributed by atoms with Crippen LogP contribution in [0.3, 0.4) is 0 Å². The Labute approximate surface area is 144 Å². The first-order chi connectivity index (χ1) is 9.89. The number of likely N-dealkylation sites (tertiary alicyclic amines) is 1. The van der Waals surface area contributed by atoms with Gasteiger partial charge in [0.15, 0.2) is 0 Å². The zero-order valence-corrected chi connectivity index (χ0v) is 14.7. The van der Waals surface area contributed by atoms with Gasteiger partial charge in [-0.2, -0.15) is 11.8 Å². The van der Waals surface area contributed by atoms with E-state index in [0.717, 1.165) is 12.8 Å². The summed E-state index contributed by atoms with van der Waals surface area (Å²) >= 11 is 18.7. The van der Waals surface area contributed by atoms with Crippen LogP contribution in [0.2, 0.25) is 10.0 Å². The molecule has 0 bridgehead atoms. The van der Waals surface area contributed by atoms with Crippen molar-refractivity contribution in [1.29, 1.82) is 0 Å². The molecule has 0 aliphatic carbocycles. The summed E-state index contributed by atoms with van der Waals surface area (Å²) in [6, 6.07) is 4.94. The maximum Gasteiger partial charge on any atom is 0.253 e. The summed E-state index contributed by atoms with van der Waals surface area (Å²) in [5, 5.41) is 0.836. The third-order valence-electron chi connectivity index (χ3n) is 3.86. The minimum Gasteiger partial charge on any atom is -0.392 e. The molecule has 1 saturated heterocycles. The third-order valence-corrected chi connectivity index (χ3v) is 6.53. The summed E-state index contributed by atoms with van der Waals surface area (Å²) in [6.45, 7) is 1.27. The van der Waals surface area contributed by atoms with Crippen LogP contribution in [0.1, 0.15) is 23.2 Å². The molecule has 0 unspecified atom stereocenters. The zero-order chi connectivity index (χ0) is 15.6. The van der Waals surface area contributed by atoms with Gasteiger partial charge in [-0.15, -0.1) is 0 Å². The van der Waals surface area contributed by atoms with Crippen LogP contribution in [0.25, 0.3) is 0 Å². The molecule has 0 radical (unpaired) electrons. The summed E-state index contributed by atoms with van der Waals surface area (Å²) in [5.74, 6) is -0.0359. The average molecular weight is 363 g/mol. The standard InChI is InChI=1S/C14H16Cl2N2OS2/c1-21-14(13(17)20)4-6-18(7-5-14)12(19)9-2-3-10(15)11(16)8-9/h2-3,8H,4-7H2,1H3,(H2,17,20). The Balaban J connectivity index is 2.09. The summed E-state index contributed by atoms with van der Waals surface area (Å²) in [7, 11) is 0. The first kappa shape index (κ1) is 16.9. The highest BCUT2D eigenvalue weighted by atomic mass is 35.5. The fourth-order valence-corrected chi connectivity index (χ4v) is 3.98. The van der Waals surface area contributed by atoms with Crippen molar-refractivity contribution in [2.75, 3.05) is 19.3 Å². The Bertz CT molecular complexity index is 572. The van der Waals surface area contributed by atoms with Gasteiger partial charge in [0.05, 0.1) is 19.8 Å². The molecule has 1 amide bonds. The molecule has 2 N–H and O–H groups in total. The Hall–Kier alpha value is -0.490. The molecular formula is C14H16Cl2N2OS2. The predicted molar refractivity (Wildman–Crippen MR) is 94.6 cm³/mol. The number of thioether (sulfide) groups is 1. The van der Waals surface area contributed by atoms with Crippen LogP contribution in [0.4, 0.5) is 0 Å². The number of hydrogen-bond acceptors (Lipinski definition) is 3. The topological polar surface area (TPSA) is 46.3 Å². The second kappa shape index (κ2) is 6.73. The van der Waals surface area contributed by atoms with Crippen LogP contribution < -0.4 is 5.73 Å². The van der Waals surface area contributed by atoms with Crippen LogP contribution in [-0.2, 0) is 0 Å². The highest BCUT2D eigenvalue weighted by molar-refractivity contribution is 8.02. The van der Waals surface area contributed by atoms with Crippen molar-refractivity contribution in [2.45, 2.75) is 17.6 Å². The third kappa shape index (κ3) is 3.47. The molecule has 1 heterocycles. The van der Waals surface area contributed by atoms with Gasteiger partial charge in [0.25, 0.3) is 5.91 Å². The summed E-state index contributed by atoms with van der Waals surface area (Å²) in [6.07, 6.45) is 3.56. The van der Waals surface area contributed by atoms with Gasteiger partial charge in [0.2, 0.25) is 0 Å². The maximum absolute atomic E-state index is 12.5. The normalized spacial score (nSPS) is 17.6. The van der Waals surface area contributed by atoms with Gasteiger partial charge in [-0.3, -0.25) is 4.79 Å². The number of thiocarbonyl (C=S) groups is 1. The van der Waals surface area contributed by atoms with Gasteiger partial charge in [-0.25, -0.2) is 0 Å². The van der Waals surface area contributed by atoms with E-state index < -0.39 is 0 Å². The van der Waals surface area contributed by atoms with Crippen molar-refractivity contribution in [3.05, 3.63) is 33.8 Å². The van der Waals surface area contributed by atoms with E-state index in [1.54, 1.807) is 30.0 Å². The lowest BCUT2D eigenvalue weighted by molar-refractivity contribution is 0.0719. The molecule has 0 spiro atoms. The van der Waals surface area contributed by atoms with E-state index in [0.29, 0.717) is 33.7 Å². The molecule has 0 saturated carbocycles. The van der Waals surface area contributed by atoms with Crippen molar-refractivity contribution < 1.29 is 4.79 Å². The maximum atomic E-state index is 12.5. The minimum absolute atomic E-state index is 0.0359. The van der Waals surface area contributed by atoms with Gasteiger partial charge in [-0.1, -0.05) is 35.4 Å². The van der Waals surface area contributed by atoms with Crippen LogP contribution in [0, 0.1) is 0 Å². The van der Waals surface area contributed by atoms with Crippen molar-refractivity contribution in [3.8, 4) is 0 Å². The molecule has 7 heteroatoms. The first-order valence-electron chi connectivity index (χ1n) is 6.49. The molecule has 1 aliphatic heterocycles. The lowest BCUT2D eigenvalue weighted by Crippen LogP contribution is -2.50. The van der Waals surface area contributed by atoms with Gasteiger partial charge in [0.1, 0.15) is 0 Å². The average Bonchev–Trinajstić information content (AvgIpc) is 2.49. The van der Waals surface area contributed by atoms with E-state index in [-0.39, 0.29) is 10.7 Å². The van der Waals surface area contributed by atoms with E-state index in [1.807, 2.05) is 11.2 Å². The molecule has 1 aromatic rings. The van der Waals surface area contributed by atoms with Gasteiger partial charge < -0.3 is 10.6 Å². The molecule has 2 rings (SSSR count). The summed E-state index contributed by atoms with van der Waals surface area (Å²) in [4.78, 5) is 14.8. The lowest BCUT2D eigenvalue weighted by atomic mass is 9.95. The van der Waals surface area contributed by atoms with Crippen LogP contribution >= 0.6 is 47.2 Å². The summed E-state index contributed by atoms with van der Waals surface area (Å²) < 4.78 is -0.191. The van der Waals surface area contributed by atoms with Crippen molar-refractivity contribution in [3.63, 3.8) is 0 Å². The zero-order valence-electron chi connectivity index (χ0n) is 11.6. The van der Waals surface area contributed by atoms with Gasteiger partial charge in [-0.05, 0) is 37.3 Å². The van der Waals surface area contributed by atoms with Crippen LogP contribution in [0.5, 0.6) is 0 Å². The monoisotopic (exact) mass is 362 g/mol. The lowest BCUT2D eigenvalue weighted by Gasteiger charge is -2.40. The van der Waals surface area contributed by atoms with E-state index in [9.17, 15) is 4.79 Å². The number of nitrogens with zero attached hydrogens (tertiary/aromatic N) is 1. The first-order valence-corrected chi connectivity index (χ1v) is 8.88. The van der Waals surface area contributed by atoms with Crippen LogP contribution in [0.15, 0.2) is 18.2 Å². The largest absolute Gasteiger partial charge is 0.392 e. The molecular weight excluding hydrogens is 347 g/mol. The van der Waals surface area contributed by atoms with Crippen molar-refractivity contribution >= 4 is 58.1 Å². The molecule has 0 atom stereocenters. The Morgan fingerprint density at radius 3 is 2.43 bits per heavy atom. The number of carbonyl (C=O) groups excluding carboxylic acids is 1. The highest BCUT2D eigenvalue weighted by Gasteiger charge is 2.38. The second-order valence-electron chi connectivity index (χ2n) is 4.98. The fourth-order valence-electron chi connectivity index (χ4n) is 2.43. The Kier molecular flexibility index (Phi) is 5.41. The molecule has 1 aliphatic rings. The number of rotatable bonds is 3. The molecule has 1 fully saturated rings. The Morgan fingerprint density at radius 1 is 1.33 bits per heavy atom. The smallest absolute Gasteiger partial charge is 0.253 e. The SMILES string of the molecule is CSC1(C(N)=S)CCN(C(=O)c2ccc(Cl)c(Cl)c2)CC1. The number of halogens is 2. The van der Waals surface area contributed by atoms with E-state index in [1.165, 1.54) is 0 Å². The molecule has 21 heavy (non-hydrogen) atoms. The minimum atomic E-state index is -0.191. The number of carbonyl (C=O) groups is 1. The van der Waals surface area contributed by atoms with Crippen molar-refractivity contribution in [1.82, 2.24) is 4.90 Å². The number of amides is 1. The number of nitrogens with two attached hydrogens (primary N) is 1. The predicted octanol–water partition coefficient (Wildman–Crippen LogP) is 3.62. The molecule has 114 valence electrons. The number of piperidine rings is 1. The highest BCUT2D eigenvalue weighted by Crippen LogP contribution is 2.35. The quantitative estimate of drug-likeness (QED) is 0.834. The molecule has 3 nitrogen and oxygen atoms in total. The fraction of sp³-hybridized carbons (Fsp3) is 0.429.